The zero-order valence-corrected chi connectivity index (χ0v) is 22.3. The van der Waals surface area contributed by atoms with Gasteiger partial charge in [-0.05, 0) is 58.3 Å². The Morgan fingerprint density at radius 3 is 2.29 bits per heavy atom. The lowest BCUT2D eigenvalue weighted by Crippen LogP contribution is -2.51. The van der Waals surface area contributed by atoms with E-state index in [-0.39, 0.29) is 41.8 Å². The highest BCUT2D eigenvalue weighted by Crippen LogP contribution is 2.40. The molecule has 1 heterocycles. The fourth-order valence-corrected chi connectivity index (χ4v) is 4.56. The molecule has 1 fully saturated rings. The standard InChI is InChI=1S/C25H44O5Si/c1-18(12-11-15-28-23(27)24(3,4)5)16-21-19(2)22(17-20(29-21)13-14-26)30-31(9,10)25(6,7)8/h11-12,14,16,19-22H,13,15,17H2,1-10H3/b12-11+,18-16-/t19-,20-,21+,22-/m0/s1. The van der Waals surface area contributed by atoms with Crippen LogP contribution in [0.15, 0.2) is 23.8 Å². The number of esters is 1. The maximum Gasteiger partial charge on any atom is 0.311 e. The molecular formula is C25H44O5Si. The van der Waals surface area contributed by atoms with Crippen LogP contribution in [0.4, 0.5) is 0 Å². The number of carbonyl (C=O) groups is 2. The van der Waals surface area contributed by atoms with E-state index in [1.807, 2.05) is 39.8 Å². The molecule has 5 nitrogen and oxygen atoms in total. The van der Waals surface area contributed by atoms with E-state index in [1.54, 1.807) is 0 Å². The Kier molecular flexibility index (Phi) is 9.92. The molecule has 1 rings (SSSR count). The van der Waals surface area contributed by atoms with Crippen LogP contribution in [0, 0.1) is 11.3 Å². The molecule has 0 aromatic carbocycles. The van der Waals surface area contributed by atoms with Gasteiger partial charge in [0.05, 0.1) is 23.7 Å². The van der Waals surface area contributed by atoms with Crippen LogP contribution in [0.2, 0.25) is 18.1 Å². The fraction of sp³-hybridized carbons (Fsp3) is 0.760. The van der Waals surface area contributed by atoms with Crippen LogP contribution in [-0.4, -0.2) is 45.5 Å². The molecule has 0 radical (unpaired) electrons. The first-order valence-corrected chi connectivity index (χ1v) is 14.3. The van der Waals surface area contributed by atoms with Crippen LogP contribution in [-0.2, 0) is 23.5 Å². The zero-order valence-electron chi connectivity index (χ0n) is 21.3. The van der Waals surface area contributed by atoms with Crippen molar-refractivity contribution in [2.75, 3.05) is 6.61 Å². The molecule has 0 saturated carbocycles. The molecule has 1 aliphatic heterocycles. The second-order valence-electron chi connectivity index (χ2n) is 11.3. The molecule has 0 amide bonds. The van der Waals surface area contributed by atoms with Crippen molar-refractivity contribution in [3.05, 3.63) is 23.8 Å². The Hall–Kier alpha value is -1.24. The number of ether oxygens (including phenoxy) is 2. The zero-order chi connectivity index (χ0) is 24.0. The van der Waals surface area contributed by atoms with Crippen molar-refractivity contribution in [1.82, 2.24) is 0 Å². The van der Waals surface area contributed by atoms with E-state index in [0.717, 1.165) is 18.3 Å². The summed E-state index contributed by atoms with van der Waals surface area (Å²) in [5.74, 6) is -0.0376. The lowest BCUT2D eigenvalue weighted by molar-refractivity contribution is -0.151. The average molecular weight is 453 g/mol. The minimum Gasteiger partial charge on any atom is -0.461 e. The smallest absolute Gasteiger partial charge is 0.311 e. The van der Waals surface area contributed by atoms with E-state index < -0.39 is 13.7 Å². The van der Waals surface area contributed by atoms with Gasteiger partial charge in [0.2, 0.25) is 0 Å². The average Bonchev–Trinajstić information content (AvgIpc) is 2.60. The van der Waals surface area contributed by atoms with E-state index >= 15 is 0 Å². The van der Waals surface area contributed by atoms with Gasteiger partial charge < -0.3 is 18.7 Å². The number of hydrogen-bond donors (Lipinski definition) is 0. The van der Waals surface area contributed by atoms with Crippen molar-refractivity contribution < 1.29 is 23.5 Å². The summed E-state index contributed by atoms with van der Waals surface area (Å²) < 4.78 is 18.3. The lowest BCUT2D eigenvalue weighted by atomic mass is 9.88. The molecule has 0 aliphatic carbocycles. The number of allylic oxidation sites excluding steroid dienone is 2. The summed E-state index contributed by atoms with van der Waals surface area (Å²) in [7, 11) is -1.94. The van der Waals surface area contributed by atoms with E-state index in [1.165, 1.54) is 0 Å². The van der Waals surface area contributed by atoms with Gasteiger partial charge in [0.1, 0.15) is 12.9 Å². The molecule has 1 aliphatic rings. The van der Waals surface area contributed by atoms with Crippen molar-refractivity contribution in [1.29, 1.82) is 0 Å². The molecule has 31 heavy (non-hydrogen) atoms. The highest BCUT2D eigenvalue weighted by molar-refractivity contribution is 6.74. The second-order valence-corrected chi connectivity index (χ2v) is 16.1. The molecule has 0 aromatic heterocycles. The maximum atomic E-state index is 11.9. The Morgan fingerprint density at radius 1 is 1.16 bits per heavy atom. The van der Waals surface area contributed by atoms with Crippen LogP contribution in [0.1, 0.15) is 68.2 Å². The van der Waals surface area contributed by atoms with Crippen LogP contribution >= 0.6 is 0 Å². The highest BCUT2D eigenvalue weighted by Gasteiger charge is 2.43. The van der Waals surface area contributed by atoms with E-state index in [2.05, 4.69) is 46.9 Å². The van der Waals surface area contributed by atoms with Gasteiger partial charge in [-0.3, -0.25) is 4.79 Å². The topological polar surface area (TPSA) is 61.8 Å². The molecule has 1 saturated heterocycles. The van der Waals surface area contributed by atoms with Crippen LogP contribution in [0.3, 0.4) is 0 Å². The minimum absolute atomic E-state index is 0.0605. The van der Waals surface area contributed by atoms with Crippen molar-refractivity contribution in [2.24, 2.45) is 11.3 Å². The quantitative estimate of drug-likeness (QED) is 0.200. The van der Waals surface area contributed by atoms with Gasteiger partial charge in [0.25, 0.3) is 0 Å². The number of hydrogen-bond acceptors (Lipinski definition) is 5. The normalized spacial score (nSPS) is 26.2. The summed E-state index contributed by atoms with van der Waals surface area (Å²) in [5, 5.41) is 0.125. The largest absolute Gasteiger partial charge is 0.461 e. The van der Waals surface area contributed by atoms with Crippen molar-refractivity contribution in [3.63, 3.8) is 0 Å². The Morgan fingerprint density at radius 2 is 1.77 bits per heavy atom. The van der Waals surface area contributed by atoms with Gasteiger partial charge in [0.15, 0.2) is 8.32 Å². The fourth-order valence-electron chi connectivity index (χ4n) is 3.14. The Labute approximate surface area is 190 Å². The number of aldehydes is 1. The van der Waals surface area contributed by atoms with Gasteiger partial charge in [-0.25, -0.2) is 0 Å². The Bertz CT molecular complexity index is 666. The molecule has 0 N–H and O–H groups in total. The monoisotopic (exact) mass is 452 g/mol. The maximum absolute atomic E-state index is 11.9. The predicted octanol–water partition coefficient (Wildman–Crippen LogP) is 5.85. The summed E-state index contributed by atoms with van der Waals surface area (Å²) in [4.78, 5) is 23.0. The highest BCUT2D eigenvalue weighted by atomic mass is 28.4. The summed E-state index contributed by atoms with van der Waals surface area (Å²) in [6, 6.07) is 0. The molecular weight excluding hydrogens is 408 g/mol. The predicted molar refractivity (Wildman–Crippen MR) is 129 cm³/mol. The van der Waals surface area contributed by atoms with Gasteiger partial charge in [-0.1, -0.05) is 45.4 Å². The first-order valence-electron chi connectivity index (χ1n) is 11.4. The lowest BCUT2D eigenvalue weighted by Gasteiger charge is -2.45. The number of carbonyl (C=O) groups excluding carboxylic acids is 2. The van der Waals surface area contributed by atoms with Crippen LogP contribution < -0.4 is 0 Å². The molecule has 178 valence electrons. The molecule has 0 spiro atoms. The summed E-state index contributed by atoms with van der Waals surface area (Å²) >= 11 is 0. The third-order valence-electron chi connectivity index (χ3n) is 6.29. The first kappa shape index (κ1) is 27.8. The Balaban J connectivity index is 2.89. The minimum atomic E-state index is -1.94. The van der Waals surface area contributed by atoms with Crippen molar-refractivity contribution in [3.8, 4) is 0 Å². The summed E-state index contributed by atoms with van der Waals surface area (Å²) in [5.41, 5.74) is 0.526. The molecule has 0 bridgehead atoms. The van der Waals surface area contributed by atoms with Crippen LogP contribution in [0.25, 0.3) is 0 Å². The number of rotatable bonds is 8. The molecule has 4 atom stereocenters. The van der Waals surface area contributed by atoms with Crippen LogP contribution in [0.5, 0.6) is 0 Å². The SMILES string of the molecule is CC(=C/[C@H]1O[C@@H](CC=O)C[C@H](O[Si](C)(C)C(C)(C)C)[C@H]1C)/C=C/COC(=O)C(C)(C)C. The molecule has 0 unspecified atom stereocenters. The van der Waals surface area contributed by atoms with Gasteiger partial charge >= 0.3 is 5.97 Å². The summed E-state index contributed by atoms with van der Waals surface area (Å²) in [6.45, 7) is 21.2. The second kappa shape index (κ2) is 11.1. The van der Waals surface area contributed by atoms with Gasteiger partial charge in [-0.15, -0.1) is 0 Å². The van der Waals surface area contributed by atoms with E-state index in [9.17, 15) is 9.59 Å². The van der Waals surface area contributed by atoms with E-state index in [0.29, 0.717) is 6.42 Å². The van der Waals surface area contributed by atoms with Crippen molar-refractivity contribution >= 4 is 20.6 Å². The summed E-state index contributed by atoms with van der Waals surface area (Å²) in [6.07, 6.45) is 7.73. The first-order chi connectivity index (χ1) is 14.1. The third-order valence-corrected chi connectivity index (χ3v) is 10.8. The van der Waals surface area contributed by atoms with Crippen molar-refractivity contribution in [2.45, 2.75) is 105 Å². The molecule has 0 aromatic rings. The van der Waals surface area contributed by atoms with Gasteiger partial charge in [0, 0.05) is 12.3 Å². The third kappa shape index (κ3) is 8.66. The molecule has 6 heteroatoms. The van der Waals surface area contributed by atoms with E-state index in [4.69, 9.17) is 13.9 Å². The van der Waals surface area contributed by atoms with Gasteiger partial charge in [-0.2, -0.15) is 0 Å².